The second-order valence-corrected chi connectivity index (χ2v) is 4.80. The molecule has 0 aliphatic carbocycles. The molecule has 0 amide bonds. The average Bonchev–Trinajstić information content (AvgIpc) is 2.71. The molecule has 0 aliphatic rings. The number of nitrogens with zero attached hydrogens (tertiary/aromatic N) is 1. The van der Waals surface area contributed by atoms with E-state index in [2.05, 4.69) is 30.2 Å². The molecule has 0 spiro atoms. The zero-order valence-electron chi connectivity index (χ0n) is 9.39. The fourth-order valence-electron chi connectivity index (χ4n) is 1.79. The molecule has 0 aliphatic heterocycles. The minimum absolute atomic E-state index is 0.181. The Morgan fingerprint density at radius 2 is 2.27 bits per heavy atom. The fraction of sp³-hybridized carbons (Fsp3) is 0.636. The van der Waals surface area contributed by atoms with Gasteiger partial charge in [0.25, 0.3) is 0 Å². The SMILES string of the molecule is CC(C)N(CCO)C(CN)c1cccs1. The first kappa shape index (κ1) is 12.6. The second kappa shape index (κ2) is 6.23. The lowest BCUT2D eigenvalue weighted by Gasteiger charge is -2.33. The van der Waals surface area contributed by atoms with Gasteiger partial charge < -0.3 is 10.8 Å². The summed E-state index contributed by atoms with van der Waals surface area (Å²) in [7, 11) is 0. The van der Waals surface area contributed by atoms with E-state index < -0.39 is 0 Å². The molecular weight excluding hydrogens is 208 g/mol. The van der Waals surface area contributed by atoms with Crippen molar-refractivity contribution in [3.8, 4) is 0 Å². The maximum absolute atomic E-state index is 9.05. The Morgan fingerprint density at radius 3 is 2.67 bits per heavy atom. The van der Waals surface area contributed by atoms with Crippen LogP contribution in [0.2, 0.25) is 0 Å². The molecule has 1 unspecified atom stereocenters. The van der Waals surface area contributed by atoms with Gasteiger partial charge in [0.1, 0.15) is 0 Å². The number of hydrogen-bond donors (Lipinski definition) is 2. The minimum Gasteiger partial charge on any atom is -0.395 e. The van der Waals surface area contributed by atoms with Crippen LogP contribution in [0, 0.1) is 0 Å². The van der Waals surface area contributed by atoms with Gasteiger partial charge in [0.2, 0.25) is 0 Å². The minimum atomic E-state index is 0.181. The lowest BCUT2D eigenvalue weighted by Crippen LogP contribution is -2.40. The maximum atomic E-state index is 9.05. The smallest absolute Gasteiger partial charge is 0.0567 e. The number of aliphatic hydroxyl groups excluding tert-OH is 1. The quantitative estimate of drug-likeness (QED) is 0.775. The normalized spacial score (nSPS) is 13.7. The number of aliphatic hydroxyl groups is 1. The Kier molecular flexibility index (Phi) is 5.25. The summed E-state index contributed by atoms with van der Waals surface area (Å²) in [5, 5.41) is 11.1. The lowest BCUT2D eigenvalue weighted by molar-refractivity contribution is 0.122. The molecule has 0 radical (unpaired) electrons. The monoisotopic (exact) mass is 228 g/mol. The van der Waals surface area contributed by atoms with Crippen molar-refractivity contribution >= 4 is 11.3 Å². The summed E-state index contributed by atoms with van der Waals surface area (Å²) in [5.74, 6) is 0. The van der Waals surface area contributed by atoms with Gasteiger partial charge in [0, 0.05) is 24.0 Å². The first-order valence-corrected chi connectivity index (χ1v) is 6.18. The Bertz CT molecular complexity index is 262. The van der Waals surface area contributed by atoms with Crippen molar-refractivity contribution in [2.24, 2.45) is 5.73 Å². The third-order valence-corrected chi connectivity index (χ3v) is 3.49. The maximum Gasteiger partial charge on any atom is 0.0567 e. The van der Waals surface area contributed by atoms with E-state index in [-0.39, 0.29) is 12.6 Å². The van der Waals surface area contributed by atoms with Crippen LogP contribution in [0.4, 0.5) is 0 Å². The molecule has 1 aromatic rings. The van der Waals surface area contributed by atoms with Crippen LogP contribution < -0.4 is 5.73 Å². The van der Waals surface area contributed by atoms with E-state index in [1.54, 1.807) is 11.3 Å². The van der Waals surface area contributed by atoms with E-state index in [0.717, 1.165) is 0 Å². The zero-order chi connectivity index (χ0) is 11.3. The molecule has 0 saturated heterocycles. The van der Waals surface area contributed by atoms with Crippen LogP contribution in [0.15, 0.2) is 17.5 Å². The van der Waals surface area contributed by atoms with Gasteiger partial charge >= 0.3 is 0 Å². The molecule has 0 saturated carbocycles. The summed E-state index contributed by atoms with van der Waals surface area (Å²) in [4.78, 5) is 3.52. The molecule has 0 fully saturated rings. The van der Waals surface area contributed by atoms with Gasteiger partial charge in [-0.2, -0.15) is 0 Å². The highest BCUT2D eigenvalue weighted by Crippen LogP contribution is 2.25. The molecule has 0 aromatic carbocycles. The molecule has 0 bridgehead atoms. The van der Waals surface area contributed by atoms with Crippen molar-refractivity contribution in [2.75, 3.05) is 19.7 Å². The Morgan fingerprint density at radius 1 is 1.53 bits per heavy atom. The highest BCUT2D eigenvalue weighted by molar-refractivity contribution is 7.10. The molecular formula is C11H20N2OS. The van der Waals surface area contributed by atoms with Crippen molar-refractivity contribution in [1.82, 2.24) is 4.90 Å². The highest BCUT2D eigenvalue weighted by atomic mass is 32.1. The van der Waals surface area contributed by atoms with Crippen LogP contribution in [-0.4, -0.2) is 35.7 Å². The second-order valence-electron chi connectivity index (χ2n) is 3.82. The molecule has 15 heavy (non-hydrogen) atoms. The fourth-order valence-corrected chi connectivity index (χ4v) is 2.65. The molecule has 86 valence electrons. The third kappa shape index (κ3) is 3.28. The van der Waals surface area contributed by atoms with Crippen molar-refractivity contribution in [1.29, 1.82) is 0 Å². The summed E-state index contributed by atoms with van der Waals surface area (Å²) >= 11 is 1.72. The van der Waals surface area contributed by atoms with Crippen LogP contribution in [0.3, 0.4) is 0 Å². The summed E-state index contributed by atoms with van der Waals surface area (Å²) < 4.78 is 0. The Labute approximate surface area is 95.5 Å². The van der Waals surface area contributed by atoms with Gasteiger partial charge in [-0.25, -0.2) is 0 Å². The predicted molar refractivity (Wildman–Crippen MR) is 65.0 cm³/mol. The predicted octanol–water partition coefficient (Wildman–Crippen LogP) is 1.45. The molecule has 3 nitrogen and oxygen atoms in total. The average molecular weight is 228 g/mol. The summed E-state index contributed by atoms with van der Waals surface area (Å²) in [6.45, 7) is 5.72. The molecule has 1 atom stereocenters. The standard InChI is InChI=1S/C11H20N2OS/c1-9(2)13(5-6-14)10(8-12)11-4-3-7-15-11/h3-4,7,9-10,14H,5-6,8,12H2,1-2H3. The van der Waals surface area contributed by atoms with Crippen LogP contribution in [0.1, 0.15) is 24.8 Å². The van der Waals surface area contributed by atoms with Gasteiger partial charge in [0.05, 0.1) is 12.6 Å². The zero-order valence-corrected chi connectivity index (χ0v) is 10.2. The van der Waals surface area contributed by atoms with E-state index in [9.17, 15) is 0 Å². The van der Waals surface area contributed by atoms with Crippen molar-refractivity contribution in [3.05, 3.63) is 22.4 Å². The lowest BCUT2D eigenvalue weighted by atomic mass is 10.1. The van der Waals surface area contributed by atoms with Crippen LogP contribution in [0.5, 0.6) is 0 Å². The van der Waals surface area contributed by atoms with Gasteiger partial charge in [-0.15, -0.1) is 11.3 Å². The van der Waals surface area contributed by atoms with E-state index in [1.807, 2.05) is 6.07 Å². The third-order valence-electron chi connectivity index (χ3n) is 2.52. The van der Waals surface area contributed by atoms with Gasteiger partial charge in [-0.1, -0.05) is 6.07 Å². The highest BCUT2D eigenvalue weighted by Gasteiger charge is 2.21. The Hall–Kier alpha value is -0.420. The molecule has 1 heterocycles. The largest absolute Gasteiger partial charge is 0.395 e. The van der Waals surface area contributed by atoms with Crippen LogP contribution in [-0.2, 0) is 0 Å². The number of thiophene rings is 1. The molecule has 3 N–H and O–H groups in total. The van der Waals surface area contributed by atoms with Crippen molar-refractivity contribution < 1.29 is 5.11 Å². The van der Waals surface area contributed by atoms with Gasteiger partial charge in [-0.05, 0) is 25.3 Å². The van der Waals surface area contributed by atoms with Crippen LogP contribution >= 0.6 is 11.3 Å². The first-order valence-electron chi connectivity index (χ1n) is 5.30. The topological polar surface area (TPSA) is 49.5 Å². The molecule has 4 heteroatoms. The first-order chi connectivity index (χ1) is 7.20. The Balaban J connectivity index is 2.78. The number of hydrogen-bond acceptors (Lipinski definition) is 4. The van der Waals surface area contributed by atoms with E-state index in [0.29, 0.717) is 19.1 Å². The summed E-state index contributed by atoms with van der Waals surface area (Å²) in [6.07, 6.45) is 0. The van der Waals surface area contributed by atoms with Crippen molar-refractivity contribution in [2.45, 2.75) is 25.9 Å². The van der Waals surface area contributed by atoms with E-state index in [4.69, 9.17) is 10.8 Å². The van der Waals surface area contributed by atoms with Crippen molar-refractivity contribution in [3.63, 3.8) is 0 Å². The van der Waals surface area contributed by atoms with E-state index >= 15 is 0 Å². The summed E-state index contributed by atoms with van der Waals surface area (Å²) in [5.41, 5.74) is 5.82. The van der Waals surface area contributed by atoms with Crippen LogP contribution in [0.25, 0.3) is 0 Å². The van der Waals surface area contributed by atoms with E-state index in [1.165, 1.54) is 4.88 Å². The number of nitrogens with two attached hydrogens (primary N) is 1. The van der Waals surface area contributed by atoms with Gasteiger partial charge in [0.15, 0.2) is 0 Å². The number of rotatable bonds is 6. The molecule has 1 rings (SSSR count). The summed E-state index contributed by atoms with van der Waals surface area (Å²) in [6, 6.07) is 4.78. The molecule has 1 aromatic heterocycles. The van der Waals surface area contributed by atoms with Gasteiger partial charge in [-0.3, -0.25) is 4.90 Å².